The number of hydrazine groups is 1. The molecule has 2 bridgehead atoms. The largest absolute Gasteiger partial charge is 0.367 e. The molecule has 0 saturated carbocycles. The number of rotatable bonds is 7. The predicted molar refractivity (Wildman–Crippen MR) is 131 cm³/mol. The lowest BCUT2D eigenvalue weighted by Crippen LogP contribution is -2.50. The minimum absolute atomic E-state index is 0.0750. The number of fused-ring (bicyclic) bond motifs is 3. The molecule has 5 heterocycles. The zero-order valence-electron chi connectivity index (χ0n) is 19.6. The molecule has 2 aromatic rings. The van der Waals surface area contributed by atoms with Crippen LogP contribution < -0.4 is 21.5 Å². The van der Waals surface area contributed by atoms with Crippen LogP contribution in [0.15, 0.2) is 24.4 Å². The first kappa shape index (κ1) is 22.8. The maximum Gasteiger partial charge on any atom is 0.214 e. The van der Waals surface area contributed by atoms with Crippen LogP contribution in [0.25, 0.3) is 10.9 Å². The van der Waals surface area contributed by atoms with Crippen molar-refractivity contribution in [3.8, 4) is 0 Å². The van der Waals surface area contributed by atoms with E-state index < -0.39 is 10.0 Å². The van der Waals surface area contributed by atoms with Crippen molar-refractivity contribution in [3.63, 3.8) is 0 Å². The van der Waals surface area contributed by atoms with Crippen molar-refractivity contribution < 1.29 is 8.42 Å². The predicted octanol–water partition coefficient (Wildman–Crippen LogP) is 2.65. The molecule has 33 heavy (non-hydrogen) atoms. The fourth-order valence-corrected chi connectivity index (χ4v) is 7.96. The van der Waals surface area contributed by atoms with Gasteiger partial charge in [-0.15, -0.1) is 0 Å². The molecule has 180 valence electrons. The van der Waals surface area contributed by atoms with Crippen molar-refractivity contribution in [1.82, 2.24) is 25.1 Å². The highest BCUT2D eigenvalue weighted by atomic mass is 32.2. The number of nitrogens with zero attached hydrogens (tertiary/aromatic N) is 3. The Balaban J connectivity index is 1.35. The summed E-state index contributed by atoms with van der Waals surface area (Å²) in [4.78, 5) is 9.45. The Morgan fingerprint density at radius 3 is 2.58 bits per heavy atom. The third-order valence-electron chi connectivity index (χ3n) is 6.89. The zero-order chi connectivity index (χ0) is 23.2. The summed E-state index contributed by atoms with van der Waals surface area (Å²) in [5.41, 5.74) is 7.36. The van der Waals surface area contributed by atoms with Crippen LogP contribution in [0.4, 0.5) is 11.6 Å². The summed E-state index contributed by atoms with van der Waals surface area (Å²) < 4.78 is 27.8. The Morgan fingerprint density at radius 1 is 1.15 bits per heavy atom. The van der Waals surface area contributed by atoms with Gasteiger partial charge in [0, 0.05) is 41.8 Å². The second-order valence-electron chi connectivity index (χ2n) is 10.2. The molecule has 3 saturated heterocycles. The molecule has 5 atom stereocenters. The quantitative estimate of drug-likeness (QED) is 0.486. The molecule has 0 spiro atoms. The average molecular weight is 474 g/mol. The molecule has 0 aliphatic carbocycles. The van der Waals surface area contributed by atoms with E-state index in [9.17, 15) is 8.42 Å². The standard InChI is InChI=1S/C23H35N7O2S/c1-14(2)13-33(31,32)30-17-6-7-18(30)11-16(10-17)25-23-19-5-4-8-24-20(19)12-21(27-23)26-22-9-15(3)28-29-22/h4-5,8,12,14-18,22,28-29H,6-7,9-11,13H2,1-3H3,(H2,25,26,27)/t15?,16?,17-,18+,22?. The van der Waals surface area contributed by atoms with E-state index in [0.717, 1.165) is 54.6 Å². The van der Waals surface area contributed by atoms with Gasteiger partial charge in [0.05, 0.1) is 17.4 Å². The Labute approximate surface area is 196 Å². The number of piperidine rings is 1. The van der Waals surface area contributed by atoms with Gasteiger partial charge in [-0.3, -0.25) is 10.4 Å². The second-order valence-corrected chi connectivity index (χ2v) is 12.2. The van der Waals surface area contributed by atoms with Crippen molar-refractivity contribution in [2.75, 3.05) is 16.4 Å². The Kier molecular flexibility index (Phi) is 6.19. The van der Waals surface area contributed by atoms with E-state index in [1.807, 2.05) is 36.4 Å². The lowest BCUT2D eigenvalue weighted by Gasteiger charge is -2.38. The monoisotopic (exact) mass is 473 g/mol. The number of aromatic nitrogens is 2. The van der Waals surface area contributed by atoms with Crippen LogP contribution in [0.1, 0.15) is 52.9 Å². The average Bonchev–Trinajstić information content (AvgIpc) is 3.28. The number of nitrogens with one attached hydrogen (secondary N) is 4. The second kappa shape index (κ2) is 8.98. The van der Waals surface area contributed by atoms with Gasteiger partial charge in [-0.05, 0) is 57.1 Å². The maximum absolute atomic E-state index is 13.0. The number of hydrogen-bond donors (Lipinski definition) is 4. The van der Waals surface area contributed by atoms with Crippen molar-refractivity contribution in [2.45, 2.75) is 83.2 Å². The highest BCUT2D eigenvalue weighted by Gasteiger charge is 2.46. The smallest absolute Gasteiger partial charge is 0.214 e. The van der Waals surface area contributed by atoms with Crippen molar-refractivity contribution in [3.05, 3.63) is 24.4 Å². The van der Waals surface area contributed by atoms with E-state index >= 15 is 0 Å². The topological polar surface area (TPSA) is 111 Å². The summed E-state index contributed by atoms with van der Waals surface area (Å²) in [5, 5.41) is 8.11. The molecule has 4 N–H and O–H groups in total. The van der Waals surface area contributed by atoms with Crippen LogP contribution >= 0.6 is 0 Å². The molecule has 3 aliphatic heterocycles. The normalized spacial score (nSPS) is 30.2. The van der Waals surface area contributed by atoms with Gasteiger partial charge in [0.1, 0.15) is 11.6 Å². The number of pyridine rings is 2. The lowest BCUT2D eigenvalue weighted by molar-refractivity contribution is 0.234. The van der Waals surface area contributed by atoms with Gasteiger partial charge in [-0.1, -0.05) is 13.8 Å². The van der Waals surface area contributed by atoms with Gasteiger partial charge in [-0.25, -0.2) is 18.8 Å². The molecule has 3 unspecified atom stereocenters. The van der Waals surface area contributed by atoms with Gasteiger partial charge >= 0.3 is 0 Å². The number of sulfonamides is 1. The molecule has 0 amide bonds. The summed E-state index contributed by atoms with van der Waals surface area (Å²) in [7, 11) is -3.22. The van der Waals surface area contributed by atoms with Crippen LogP contribution in [-0.4, -0.2) is 58.8 Å². The first-order valence-corrected chi connectivity index (χ1v) is 13.7. The summed E-state index contributed by atoms with van der Waals surface area (Å²) >= 11 is 0. The van der Waals surface area contributed by atoms with Crippen molar-refractivity contribution in [1.29, 1.82) is 0 Å². The van der Waals surface area contributed by atoms with Crippen LogP contribution in [0, 0.1) is 5.92 Å². The van der Waals surface area contributed by atoms with Gasteiger partial charge in [-0.2, -0.15) is 4.31 Å². The number of anilines is 2. The number of hydrogen-bond acceptors (Lipinski definition) is 8. The first-order valence-electron chi connectivity index (χ1n) is 12.1. The summed E-state index contributed by atoms with van der Waals surface area (Å²) in [5.74, 6) is 1.95. The van der Waals surface area contributed by atoms with Gasteiger partial charge in [0.15, 0.2) is 0 Å². The third-order valence-corrected chi connectivity index (χ3v) is 9.21. The van der Waals surface area contributed by atoms with E-state index in [4.69, 9.17) is 4.98 Å². The van der Waals surface area contributed by atoms with E-state index in [2.05, 4.69) is 33.4 Å². The molecule has 3 aliphatic rings. The molecule has 3 fully saturated rings. The minimum atomic E-state index is -3.22. The van der Waals surface area contributed by atoms with E-state index in [1.165, 1.54) is 0 Å². The molecular weight excluding hydrogens is 438 g/mol. The Morgan fingerprint density at radius 2 is 1.91 bits per heavy atom. The third kappa shape index (κ3) is 4.80. The van der Waals surface area contributed by atoms with Gasteiger partial charge in [0.25, 0.3) is 0 Å². The molecule has 9 nitrogen and oxygen atoms in total. The molecule has 2 aromatic heterocycles. The molecule has 10 heteroatoms. The van der Waals surface area contributed by atoms with E-state index in [0.29, 0.717) is 6.04 Å². The van der Waals surface area contributed by atoms with E-state index in [-0.39, 0.29) is 36.0 Å². The van der Waals surface area contributed by atoms with Gasteiger partial charge in [0.2, 0.25) is 10.0 Å². The highest BCUT2D eigenvalue weighted by Crippen LogP contribution is 2.39. The Bertz CT molecular complexity index is 1100. The van der Waals surface area contributed by atoms with Crippen LogP contribution in [0.2, 0.25) is 0 Å². The highest BCUT2D eigenvalue weighted by molar-refractivity contribution is 7.89. The van der Waals surface area contributed by atoms with Crippen LogP contribution in [-0.2, 0) is 10.0 Å². The van der Waals surface area contributed by atoms with Crippen molar-refractivity contribution in [2.24, 2.45) is 5.92 Å². The fourth-order valence-electron chi connectivity index (χ4n) is 5.65. The SMILES string of the molecule is CC(C)CS(=O)(=O)N1[C@@H]2CC[C@H]1CC(Nc1nc(NC3CC(C)NN3)cc3ncccc13)C2. The van der Waals surface area contributed by atoms with E-state index in [1.54, 1.807) is 6.20 Å². The zero-order valence-corrected chi connectivity index (χ0v) is 20.4. The Hall–Kier alpha value is -2.01. The van der Waals surface area contributed by atoms with Crippen LogP contribution in [0.5, 0.6) is 0 Å². The van der Waals surface area contributed by atoms with Crippen LogP contribution in [0.3, 0.4) is 0 Å². The summed E-state index contributed by atoms with van der Waals surface area (Å²) in [6.07, 6.45) is 6.35. The first-order chi connectivity index (χ1) is 15.8. The molecule has 5 rings (SSSR count). The molecule has 0 aromatic carbocycles. The maximum atomic E-state index is 13.0. The van der Waals surface area contributed by atoms with Gasteiger partial charge < -0.3 is 10.6 Å². The summed E-state index contributed by atoms with van der Waals surface area (Å²) in [6, 6.07) is 6.68. The minimum Gasteiger partial charge on any atom is -0.367 e. The summed E-state index contributed by atoms with van der Waals surface area (Å²) in [6.45, 7) is 6.08. The fraction of sp³-hybridized carbons (Fsp3) is 0.652. The lowest BCUT2D eigenvalue weighted by atomic mass is 9.99. The molecule has 0 radical (unpaired) electrons. The molecular formula is C23H35N7O2S. The van der Waals surface area contributed by atoms with Crippen molar-refractivity contribution >= 4 is 32.6 Å².